The zero-order chi connectivity index (χ0) is 11.4. The summed E-state index contributed by atoms with van der Waals surface area (Å²) in [6.07, 6.45) is 1.64. The zero-order valence-corrected chi connectivity index (χ0v) is 9.78. The molecule has 1 unspecified atom stereocenters. The van der Waals surface area contributed by atoms with Crippen LogP contribution in [0.3, 0.4) is 0 Å². The van der Waals surface area contributed by atoms with E-state index in [1.807, 2.05) is 24.3 Å². The Morgan fingerprint density at radius 1 is 1.44 bits per heavy atom. The predicted molar refractivity (Wildman–Crippen MR) is 66.0 cm³/mol. The lowest BCUT2D eigenvalue weighted by molar-refractivity contribution is 0.219. The number of nitrogens with zero attached hydrogens (tertiary/aromatic N) is 1. The van der Waals surface area contributed by atoms with Crippen LogP contribution in [-0.2, 0) is 11.2 Å². The summed E-state index contributed by atoms with van der Waals surface area (Å²) in [5, 5.41) is 0.790. The molecule has 0 amide bonds. The molecule has 0 saturated carbocycles. The normalized spacial score (nSPS) is 19.4. The topological polar surface area (TPSA) is 47.6 Å². The Labute approximate surface area is 100 Å². The number of benzene rings is 1. The minimum atomic E-state index is 0.112. The van der Waals surface area contributed by atoms with Crippen LogP contribution in [0.15, 0.2) is 29.3 Å². The first-order valence-electron chi connectivity index (χ1n) is 5.43. The summed E-state index contributed by atoms with van der Waals surface area (Å²) in [6.45, 7) is 1.29. The first-order chi connectivity index (χ1) is 7.79. The molecule has 1 aromatic carbocycles. The van der Waals surface area contributed by atoms with E-state index in [1.165, 1.54) is 0 Å². The van der Waals surface area contributed by atoms with Gasteiger partial charge in [0.1, 0.15) is 6.10 Å². The van der Waals surface area contributed by atoms with Gasteiger partial charge in [0.2, 0.25) is 0 Å². The van der Waals surface area contributed by atoms with E-state index in [2.05, 4.69) is 4.99 Å². The van der Waals surface area contributed by atoms with Gasteiger partial charge in [0.25, 0.3) is 0 Å². The van der Waals surface area contributed by atoms with Crippen molar-refractivity contribution < 1.29 is 4.74 Å². The van der Waals surface area contributed by atoms with Crippen molar-refractivity contribution in [3.8, 4) is 0 Å². The van der Waals surface area contributed by atoms with Crippen molar-refractivity contribution in [3.05, 3.63) is 34.9 Å². The molecule has 1 aliphatic heterocycles. The maximum Gasteiger partial charge on any atom is 0.185 e. The molecule has 3 nitrogen and oxygen atoms in total. The molecule has 4 heteroatoms. The second kappa shape index (κ2) is 5.32. The Morgan fingerprint density at radius 3 is 3.00 bits per heavy atom. The van der Waals surface area contributed by atoms with Crippen molar-refractivity contribution in [2.24, 2.45) is 10.7 Å². The number of hydrogen-bond acceptors (Lipinski definition) is 3. The van der Waals surface area contributed by atoms with Gasteiger partial charge in [-0.3, -0.25) is 4.99 Å². The van der Waals surface area contributed by atoms with Crippen molar-refractivity contribution in [2.75, 3.05) is 13.1 Å². The average Bonchev–Trinajstić information content (AvgIpc) is 2.70. The summed E-state index contributed by atoms with van der Waals surface area (Å²) >= 11 is 6.09. The van der Waals surface area contributed by atoms with Gasteiger partial charge < -0.3 is 10.5 Å². The van der Waals surface area contributed by atoms with Crippen LogP contribution in [0.4, 0.5) is 0 Å². The van der Waals surface area contributed by atoms with E-state index in [4.69, 9.17) is 22.1 Å². The molecule has 1 aliphatic rings. The molecular weight excluding hydrogens is 224 g/mol. The molecule has 2 rings (SSSR count). The van der Waals surface area contributed by atoms with Gasteiger partial charge in [-0.25, -0.2) is 0 Å². The number of hydrogen-bond donors (Lipinski definition) is 1. The van der Waals surface area contributed by atoms with E-state index in [-0.39, 0.29) is 6.10 Å². The van der Waals surface area contributed by atoms with Crippen molar-refractivity contribution in [1.29, 1.82) is 0 Å². The van der Waals surface area contributed by atoms with Gasteiger partial charge in [-0.2, -0.15) is 0 Å². The van der Waals surface area contributed by atoms with Crippen LogP contribution in [-0.4, -0.2) is 25.1 Å². The average molecular weight is 239 g/mol. The molecule has 0 bridgehead atoms. The van der Waals surface area contributed by atoms with Gasteiger partial charge in [-0.15, -0.1) is 0 Å². The summed E-state index contributed by atoms with van der Waals surface area (Å²) in [4.78, 5) is 4.30. The first kappa shape index (κ1) is 11.4. The third kappa shape index (κ3) is 2.74. The highest BCUT2D eigenvalue weighted by molar-refractivity contribution is 6.31. The van der Waals surface area contributed by atoms with Gasteiger partial charge in [0.05, 0.1) is 6.54 Å². The molecule has 0 fully saturated rings. The van der Waals surface area contributed by atoms with Gasteiger partial charge in [0.15, 0.2) is 5.90 Å². The number of halogens is 1. The number of nitrogens with two attached hydrogens (primary N) is 1. The minimum absolute atomic E-state index is 0.112. The molecule has 0 aromatic heterocycles. The smallest absolute Gasteiger partial charge is 0.185 e. The fourth-order valence-electron chi connectivity index (χ4n) is 1.75. The molecule has 86 valence electrons. The maximum atomic E-state index is 6.09. The number of ether oxygens (including phenoxy) is 1. The highest BCUT2D eigenvalue weighted by atomic mass is 35.5. The van der Waals surface area contributed by atoms with Crippen LogP contribution in [0.1, 0.15) is 12.0 Å². The molecule has 1 heterocycles. The van der Waals surface area contributed by atoms with Crippen LogP contribution < -0.4 is 5.73 Å². The highest BCUT2D eigenvalue weighted by Gasteiger charge is 2.20. The van der Waals surface area contributed by atoms with Gasteiger partial charge >= 0.3 is 0 Å². The quantitative estimate of drug-likeness (QED) is 0.873. The summed E-state index contributed by atoms with van der Waals surface area (Å²) in [7, 11) is 0. The van der Waals surface area contributed by atoms with E-state index in [1.54, 1.807) is 0 Å². The van der Waals surface area contributed by atoms with Crippen LogP contribution in [0.2, 0.25) is 5.02 Å². The molecular formula is C12H15ClN2O. The van der Waals surface area contributed by atoms with Crippen LogP contribution in [0.25, 0.3) is 0 Å². The standard InChI is InChI=1S/C12H15ClN2O/c13-11-4-2-1-3-9(11)7-10-8-15-12(16-10)5-6-14/h1-4,10H,5-8,14H2. The molecule has 0 spiro atoms. The van der Waals surface area contributed by atoms with Crippen LogP contribution >= 0.6 is 11.6 Å². The molecule has 0 aliphatic carbocycles. The summed E-state index contributed by atoms with van der Waals surface area (Å²) in [5.74, 6) is 0.777. The Kier molecular flexibility index (Phi) is 3.80. The molecule has 0 saturated heterocycles. The molecule has 2 N–H and O–H groups in total. The van der Waals surface area contributed by atoms with Gasteiger partial charge in [-0.1, -0.05) is 29.8 Å². The Hall–Kier alpha value is -1.06. The van der Waals surface area contributed by atoms with E-state index in [0.717, 1.165) is 29.3 Å². The fourth-order valence-corrected chi connectivity index (χ4v) is 1.96. The zero-order valence-electron chi connectivity index (χ0n) is 9.03. The van der Waals surface area contributed by atoms with E-state index in [9.17, 15) is 0 Å². The van der Waals surface area contributed by atoms with Crippen molar-refractivity contribution in [1.82, 2.24) is 0 Å². The molecule has 1 atom stereocenters. The van der Waals surface area contributed by atoms with Crippen molar-refractivity contribution in [3.63, 3.8) is 0 Å². The molecule has 1 aromatic rings. The third-order valence-electron chi connectivity index (χ3n) is 2.54. The van der Waals surface area contributed by atoms with Crippen LogP contribution in [0.5, 0.6) is 0 Å². The maximum absolute atomic E-state index is 6.09. The van der Waals surface area contributed by atoms with E-state index >= 15 is 0 Å². The Morgan fingerprint density at radius 2 is 2.25 bits per heavy atom. The lowest BCUT2D eigenvalue weighted by Gasteiger charge is -2.11. The minimum Gasteiger partial charge on any atom is -0.475 e. The van der Waals surface area contributed by atoms with Crippen molar-refractivity contribution in [2.45, 2.75) is 18.9 Å². The van der Waals surface area contributed by atoms with Crippen molar-refractivity contribution >= 4 is 17.5 Å². The number of rotatable bonds is 4. The summed E-state index contributed by atoms with van der Waals surface area (Å²) in [5.41, 5.74) is 6.56. The third-order valence-corrected chi connectivity index (χ3v) is 2.91. The van der Waals surface area contributed by atoms with E-state index in [0.29, 0.717) is 13.1 Å². The lowest BCUT2D eigenvalue weighted by atomic mass is 10.1. The number of aliphatic imine (C=N–C) groups is 1. The largest absolute Gasteiger partial charge is 0.475 e. The second-order valence-electron chi connectivity index (χ2n) is 3.81. The van der Waals surface area contributed by atoms with Gasteiger partial charge in [0, 0.05) is 24.4 Å². The lowest BCUT2D eigenvalue weighted by Crippen LogP contribution is -2.17. The summed E-state index contributed by atoms with van der Waals surface area (Å²) in [6, 6.07) is 7.83. The van der Waals surface area contributed by atoms with Crippen LogP contribution in [0, 0.1) is 0 Å². The first-order valence-corrected chi connectivity index (χ1v) is 5.81. The molecule has 0 radical (unpaired) electrons. The Bertz CT molecular complexity index is 392. The van der Waals surface area contributed by atoms with E-state index < -0.39 is 0 Å². The Balaban J connectivity index is 1.91. The van der Waals surface area contributed by atoms with Gasteiger partial charge in [-0.05, 0) is 11.6 Å². The summed E-state index contributed by atoms with van der Waals surface area (Å²) < 4.78 is 5.67. The fraction of sp³-hybridized carbons (Fsp3) is 0.417. The SMILES string of the molecule is NCCC1=NCC(Cc2ccccc2Cl)O1. The molecule has 16 heavy (non-hydrogen) atoms. The second-order valence-corrected chi connectivity index (χ2v) is 4.22. The predicted octanol–water partition coefficient (Wildman–Crippen LogP) is 2.03. The highest BCUT2D eigenvalue weighted by Crippen LogP contribution is 2.19. The monoisotopic (exact) mass is 238 g/mol.